The molecule has 1 aromatic rings. The highest BCUT2D eigenvalue weighted by Gasteiger charge is 2.21. The minimum atomic E-state index is -0.120. The zero-order valence-electron chi connectivity index (χ0n) is 15.5. The molecule has 1 heterocycles. The Morgan fingerprint density at radius 1 is 1.04 bits per heavy atom. The molecule has 0 radical (unpaired) electrons. The lowest BCUT2D eigenvalue weighted by Gasteiger charge is -2.21. The van der Waals surface area contributed by atoms with Gasteiger partial charge >= 0.3 is 0 Å². The van der Waals surface area contributed by atoms with Gasteiger partial charge in [0.25, 0.3) is 5.91 Å². The molecule has 1 atom stereocenters. The molecule has 6 nitrogen and oxygen atoms in total. The molecule has 146 valence electrons. The molecule has 1 aromatic carbocycles. The second kappa shape index (κ2) is 9.80. The van der Waals surface area contributed by atoms with Gasteiger partial charge in [0.2, 0.25) is 5.91 Å². The Labute approximate surface area is 165 Å². The van der Waals surface area contributed by atoms with Crippen LogP contribution in [0.2, 0.25) is 0 Å². The lowest BCUT2D eigenvalue weighted by molar-refractivity contribution is -0.124. The zero-order chi connectivity index (χ0) is 19.1. The first-order valence-electron chi connectivity index (χ1n) is 9.73. The van der Waals surface area contributed by atoms with Crippen molar-refractivity contribution in [2.24, 2.45) is 5.92 Å². The number of thiocarbonyl (C=S) groups is 1. The fourth-order valence-corrected chi connectivity index (χ4v) is 3.78. The Morgan fingerprint density at radius 2 is 1.78 bits per heavy atom. The molecule has 3 N–H and O–H groups in total. The SMILES string of the molecule is O=C(NC[C@H]1CCCO1)c1ccc(NC(=S)NC(=O)C2CCCCC2)cc1. The first-order chi connectivity index (χ1) is 13.1. The highest BCUT2D eigenvalue weighted by molar-refractivity contribution is 7.80. The van der Waals surface area contributed by atoms with E-state index in [1.54, 1.807) is 24.3 Å². The van der Waals surface area contributed by atoms with E-state index in [2.05, 4.69) is 16.0 Å². The zero-order valence-corrected chi connectivity index (χ0v) is 16.3. The Hall–Kier alpha value is -1.99. The predicted molar refractivity (Wildman–Crippen MR) is 109 cm³/mol. The quantitative estimate of drug-likeness (QED) is 0.675. The number of carbonyl (C=O) groups is 2. The summed E-state index contributed by atoms with van der Waals surface area (Å²) >= 11 is 5.23. The van der Waals surface area contributed by atoms with Gasteiger partial charge < -0.3 is 20.7 Å². The molecule has 0 spiro atoms. The van der Waals surface area contributed by atoms with Gasteiger partial charge in [-0.1, -0.05) is 19.3 Å². The van der Waals surface area contributed by atoms with Gasteiger partial charge in [-0.25, -0.2) is 0 Å². The minimum absolute atomic E-state index is 0.00247. The van der Waals surface area contributed by atoms with Gasteiger partial charge in [0, 0.05) is 30.3 Å². The maximum absolute atomic E-state index is 12.2. The van der Waals surface area contributed by atoms with Crippen molar-refractivity contribution in [3.8, 4) is 0 Å². The number of nitrogens with one attached hydrogen (secondary N) is 3. The number of carbonyl (C=O) groups excluding carboxylic acids is 2. The van der Waals surface area contributed by atoms with Gasteiger partial charge in [0.1, 0.15) is 0 Å². The van der Waals surface area contributed by atoms with E-state index in [4.69, 9.17) is 17.0 Å². The van der Waals surface area contributed by atoms with E-state index >= 15 is 0 Å². The van der Waals surface area contributed by atoms with Crippen LogP contribution in [-0.4, -0.2) is 36.2 Å². The van der Waals surface area contributed by atoms with Gasteiger partial charge in [0.15, 0.2) is 5.11 Å². The van der Waals surface area contributed by atoms with Crippen molar-refractivity contribution >= 4 is 34.8 Å². The number of anilines is 1. The topological polar surface area (TPSA) is 79.5 Å². The van der Waals surface area contributed by atoms with E-state index < -0.39 is 0 Å². The molecule has 27 heavy (non-hydrogen) atoms. The van der Waals surface area contributed by atoms with E-state index in [1.165, 1.54) is 6.42 Å². The Balaban J connectivity index is 1.44. The largest absolute Gasteiger partial charge is 0.376 e. The number of benzene rings is 1. The van der Waals surface area contributed by atoms with E-state index in [1.807, 2.05) is 0 Å². The molecule has 2 amide bonds. The Kier molecular flexibility index (Phi) is 7.18. The molecule has 7 heteroatoms. The summed E-state index contributed by atoms with van der Waals surface area (Å²) in [6.45, 7) is 1.31. The van der Waals surface area contributed by atoms with Crippen LogP contribution in [0.5, 0.6) is 0 Å². The highest BCUT2D eigenvalue weighted by atomic mass is 32.1. The van der Waals surface area contributed by atoms with Crippen LogP contribution in [0.1, 0.15) is 55.3 Å². The third-order valence-electron chi connectivity index (χ3n) is 5.13. The molecule has 3 rings (SSSR count). The molecular formula is C20H27N3O3S. The van der Waals surface area contributed by atoms with Crippen LogP contribution in [0.3, 0.4) is 0 Å². The van der Waals surface area contributed by atoms with E-state index in [9.17, 15) is 9.59 Å². The monoisotopic (exact) mass is 389 g/mol. The lowest BCUT2D eigenvalue weighted by Crippen LogP contribution is -2.39. The summed E-state index contributed by atoms with van der Waals surface area (Å²) in [5.41, 5.74) is 1.32. The lowest BCUT2D eigenvalue weighted by atomic mass is 9.89. The number of hydrogen-bond donors (Lipinski definition) is 3. The molecule has 0 bridgehead atoms. The van der Waals surface area contributed by atoms with Crippen molar-refractivity contribution in [2.45, 2.75) is 51.0 Å². The molecular weight excluding hydrogens is 362 g/mol. The summed E-state index contributed by atoms with van der Waals surface area (Å²) in [6.07, 6.45) is 7.46. The summed E-state index contributed by atoms with van der Waals surface area (Å²) in [4.78, 5) is 24.4. The van der Waals surface area contributed by atoms with Gasteiger partial charge in [-0.3, -0.25) is 9.59 Å². The number of hydrogen-bond acceptors (Lipinski definition) is 4. The first-order valence-corrected chi connectivity index (χ1v) is 10.1. The minimum Gasteiger partial charge on any atom is -0.376 e. The van der Waals surface area contributed by atoms with Crippen molar-refractivity contribution < 1.29 is 14.3 Å². The second-order valence-corrected chi connectivity index (χ2v) is 7.61. The van der Waals surface area contributed by atoms with Crippen LogP contribution in [-0.2, 0) is 9.53 Å². The fraction of sp³-hybridized carbons (Fsp3) is 0.550. The van der Waals surface area contributed by atoms with Crippen LogP contribution >= 0.6 is 12.2 Å². The molecule has 2 fully saturated rings. The summed E-state index contributed by atoms with van der Waals surface area (Å²) in [7, 11) is 0. The summed E-state index contributed by atoms with van der Waals surface area (Å²) < 4.78 is 5.50. The van der Waals surface area contributed by atoms with E-state index in [0.717, 1.165) is 50.8 Å². The molecule has 0 unspecified atom stereocenters. The van der Waals surface area contributed by atoms with Crippen LogP contribution in [0, 0.1) is 5.92 Å². The van der Waals surface area contributed by atoms with Crippen LogP contribution in [0.4, 0.5) is 5.69 Å². The number of rotatable bonds is 5. The molecule has 1 saturated heterocycles. The van der Waals surface area contributed by atoms with Crippen LogP contribution in [0.25, 0.3) is 0 Å². The van der Waals surface area contributed by atoms with Crippen molar-refractivity contribution in [1.29, 1.82) is 0 Å². The second-order valence-electron chi connectivity index (χ2n) is 7.20. The summed E-state index contributed by atoms with van der Waals surface area (Å²) in [6, 6.07) is 7.03. The average molecular weight is 390 g/mol. The maximum atomic E-state index is 12.2. The number of amides is 2. The molecule has 2 aliphatic rings. The number of ether oxygens (including phenoxy) is 1. The maximum Gasteiger partial charge on any atom is 0.251 e. The van der Waals surface area contributed by atoms with Gasteiger partial charge in [0.05, 0.1) is 6.10 Å². The van der Waals surface area contributed by atoms with Gasteiger partial charge in [-0.2, -0.15) is 0 Å². The van der Waals surface area contributed by atoms with Crippen molar-refractivity contribution in [3.05, 3.63) is 29.8 Å². The van der Waals surface area contributed by atoms with Gasteiger partial charge in [-0.05, 0) is 62.2 Å². The average Bonchev–Trinajstić information content (AvgIpc) is 3.21. The van der Waals surface area contributed by atoms with Crippen molar-refractivity contribution in [1.82, 2.24) is 10.6 Å². The molecule has 1 aliphatic carbocycles. The predicted octanol–water partition coefficient (Wildman–Crippen LogP) is 2.99. The molecule has 1 aliphatic heterocycles. The van der Waals surface area contributed by atoms with E-state index in [0.29, 0.717) is 17.2 Å². The summed E-state index contributed by atoms with van der Waals surface area (Å²) in [5, 5.41) is 8.97. The highest BCUT2D eigenvalue weighted by Crippen LogP contribution is 2.23. The van der Waals surface area contributed by atoms with Crippen molar-refractivity contribution in [2.75, 3.05) is 18.5 Å². The normalized spacial score (nSPS) is 20.1. The Morgan fingerprint density at radius 3 is 2.44 bits per heavy atom. The van der Waals surface area contributed by atoms with E-state index in [-0.39, 0.29) is 23.8 Å². The molecule has 1 saturated carbocycles. The smallest absolute Gasteiger partial charge is 0.251 e. The Bertz CT molecular complexity index is 666. The van der Waals surface area contributed by atoms with Crippen LogP contribution in [0.15, 0.2) is 24.3 Å². The summed E-state index contributed by atoms with van der Waals surface area (Å²) in [5.74, 6) is -0.0593. The molecule has 0 aromatic heterocycles. The first kappa shape index (κ1) is 19.8. The van der Waals surface area contributed by atoms with Crippen LogP contribution < -0.4 is 16.0 Å². The fourth-order valence-electron chi connectivity index (χ4n) is 3.56. The third-order valence-corrected chi connectivity index (χ3v) is 5.34. The standard InChI is InChI=1S/C20H27N3O3S/c24-18(21-13-17-7-4-12-26-17)15-8-10-16(11-9-15)22-20(27)23-19(25)14-5-2-1-3-6-14/h8-11,14,17H,1-7,12-13H2,(H,21,24)(H2,22,23,25,27)/t17-/m1/s1. The van der Waals surface area contributed by atoms with Gasteiger partial charge in [-0.15, -0.1) is 0 Å². The third kappa shape index (κ3) is 6.01. The van der Waals surface area contributed by atoms with Crippen molar-refractivity contribution in [3.63, 3.8) is 0 Å².